The summed E-state index contributed by atoms with van der Waals surface area (Å²) in [5, 5.41) is 0.438. The molecule has 0 atom stereocenters. The summed E-state index contributed by atoms with van der Waals surface area (Å²) in [5.41, 5.74) is 6.46. The zero-order valence-electron chi connectivity index (χ0n) is 7.65. The fraction of sp³-hybridized carbons (Fsp3) is 0.200. The minimum atomic E-state index is -0.460. The van der Waals surface area contributed by atoms with Crippen LogP contribution in [0, 0.1) is 5.82 Å². The molecule has 0 amide bonds. The van der Waals surface area contributed by atoms with Crippen molar-refractivity contribution < 1.29 is 4.39 Å². The smallest absolute Gasteiger partial charge is 0.149 e. The van der Waals surface area contributed by atoms with Crippen LogP contribution in [-0.2, 0) is 0 Å². The molecule has 1 aromatic rings. The van der Waals surface area contributed by atoms with Gasteiger partial charge in [0, 0.05) is 17.1 Å². The Morgan fingerprint density at radius 2 is 2.14 bits per heavy atom. The number of rotatable bonds is 2. The molecule has 0 saturated heterocycles. The molecule has 0 fully saturated rings. The molecule has 0 spiro atoms. The topological polar surface area (TPSA) is 26.0 Å². The van der Waals surface area contributed by atoms with E-state index in [1.165, 1.54) is 12.1 Å². The number of halogens is 3. The van der Waals surface area contributed by atoms with Gasteiger partial charge in [-0.15, -0.1) is 0 Å². The van der Waals surface area contributed by atoms with Gasteiger partial charge in [-0.3, -0.25) is 0 Å². The number of nitrogens with two attached hydrogens (primary N) is 1. The minimum Gasteiger partial charge on any atom is -0.327 e. The monoisotopic (exact) mass is 233 g/mol. The van der Waals surface area contributed by atoms with Gasteiger partial charge < -0.3 is 5.73 Å². The lowest BCUT2D eigenvalue weighted by Gasteiger charge is -2.05. The van der Waals surface area contributed by atoms with Gasteiger partial charge in [-0.1, -0.05) is 29.3 Å². The van der Waals surface area contributed by atoms with Crippen LogP contribution in [0.15, 0.2) is 18.2 Å². The molecule has 0 aromatic heterocycles. The third-order valence-corrected chi connectivity index (χ3v) is 2.34. The van der Waals surface area contributed by atoms with E-state index in [1.54, 1.807) is 13.0 Å². The molecule has 0 heterocycles. The molecule has 1 aromatic carbocycles. The predicted octanol–water partition coefficient (Wildman–Crippen LogP) is 3.49. The van der Waals surface area contributed by atoms with Crippen molar-refractivity contribution >= 4 is 28.8 Å². The van der Waals surface area contributed by atoms with Crippen molar-refractivity contribution in [2.24, 2.45) is 5.73 Å². The Morgan fingerprint density at radius 1 is 1.50 bits per heavy atom. The van der Waals surface area contributed by atoms with Crippen molar-refractivity contribution in [2.45, 2.75) is 6.92 Å². The van der Waals surface area contributed by atoms with Gasteiger partial charge >= 0.3 is 0 Å². The Balaban J connectivity index is 3.27. The first-order valence-corrected chi connectivity index (χ1v) is 4.83. The highest BCUT2D eigenvalue weighted by Crippen LogP contribution is 2.28. The van der Waals surface area contributed by atoms with Gasteiger partial charge in [0.25, 0.3) is 0 Å². The first-order chi connectivity index (χ1) is 6.56. The van der Waals surface area contributed by atoms with E-state index in [9.17, 15) is 4.39 Å². The summed E-state index contributed by atoms with van der Waals surface area (Å²) in [7, 11) is 0. The summed E-state index contributed by atoms with van der Waals surface area (Å²) in [6, 6.07) is 2.90. The Labute approximate surface area is 92.3 Å². The molecule has 2 N–H and O–H groups in total. The van der Waals surface area contributed by atoms with Gasteiger partial charge in [0.2, 0.25) is 0 Å². The standard InChI is InChI=1S/C10H10Cl2FN/c1-6(2-3-14)8-4-7(11)5-9(12)10(8)13/h2,4-5H,3,14H2,1H3/b6-2-. The second-order valence-electron chi connectivity index (χ2n) is 2.87. The van der Waals surface area contributed by atoms with E-state index < -0.39 is 5.82 Å². The van der Waals surface area contributed by atoms with Gasteiger partial charge in [0.1, 0.15) is 5.82 Å². The molecule has 0 saturated carbocycles. The van der Waals surface area contributed by atoms with Crippen LogP contribution in [0.5, 0.6) is 0 Å². The maximum atomic E-state index is 13.5. The fourth-order valence-electron chi connectivity index (χ4n) is 1.13. The van der Waals surface area contributed by atoms with Gasteiger partial charge in [-0.2, -0.15) is 0 Å². The van der Waals surface area contributed by atoms with Gasteiger partial charge in [0.15, 0.2) is 0 Å². The lowest BCUT2D eigenvalue weighted by Crippen LogP contribution is -1.96. The van der Waals surface area contributed by atoms with Gasteiger partial charge in [-0.05, 0) is 24.6 Å². The molecular formula is C10H10Cl2FN. The lowest BCUT2D eigenvalue weighted by atomic mass is 10.1. The lowest BCUT2D eigenvalue weighted by molar-refractivity contribution is 0.624. The average Bonchev–Trinajstić information content (AvgIpc) is 2.11. The molecule has 14 heavy (non-hydrogen) atoms. The Bertz CT molecular complexity index is 375. The summed E-state index contributed by atoms with van der Waals surface area (Å²) in [6.45, 7) is 2.12. The molecule has 76 valence electrons. The molecular weight excluding hydrogens is 224 g/mol. The Hall–Kier alpha value is -0.570. The third-order valence-electron chi connectivity index (χ3n) is 1.84. The zero-order chi connectivity index (χ0) is 10.7. The third kappa shape index (κ3) is 2.47. The molecule has 0 radical (unpaired) electrons. The average molecular weight is 234 g/mol. The first-order valence-electron chi connectivity index (χ1n) is 4.08. The van der Waals surface area contributed by atoms with Crippen molar-refractivity contribution in [3.05, 3.63) is 39.6 Å². The van der Waals surface area contributed by atoms with Crippen LogP contribution in [0.25, 0.3) is 5.57 Å². The zero-order valence-corrected chi connectivity index (χ0v) is 9.16. The van der Waals surface area contributed by atoms with Gasteiger partial charge in [-0.25, -0.2) is 4.39 Å². The van der Waals surface area contributed by atoms with Crippen LogP contribution in [0.4, 0.5) is 4.39 Å². The van der Waals surface area contributed by atoms with E-state index in [4.69, 9.17) is 28.9 Å². The quantitative estimate of drug-likeness (QED) is 0.778. The molecule has 4 heteroatoms. The van der Waals surface area contributed by atoms with Crippen LogP contribution < -0.4 is 5.73 Å². The van der Waals surface area contributed by atoms with Crippen LogP contribution in [0.2, 0.25) is 10.0 Å². The van der Waals surface area contributed by atoms with Crippen LogP contribution in [0.3, 0.4) is 0 Å². The van der Waals surface area contributed by atoms with E-state index in [-0.39, 0.29) is 5.02 Å². The molecule has 0 bridgehead atoms. The van der Waals surface area contributed by atoms with Crippen molar-refractivity contribution in [1.82, 2.24) is 0 Å². The molecule has 1 rings (SSSR count). The van der Waals surface area contributed by atoms with Crippen molar-refractivity contribution in [3.63, 3.8) is 0 Å². The van der Waals surface area contributed by atoms with E-state index in [0.29, 0.717) is 17.1 Å². The highest BCUT2D eigenvalue weighted by atomic mass is 35.5. The molecule has 0 aliphatic heterocycles. The van der Waals surface area contributed by atoms with Crippen LogP contribution in [-0.4, -0.2) is 6.54 Å². The molecule has 0 aliphatic rings. The Morgan fingerprint density at radius 3 is 2.71 bits per heavy atom. The number of hydrogen-bond donors (Lipinski definition) is 1. The van der Waals surface area contributed by atoms with E-state index in [0.717, 1.165) is 5.57 Å². The summed E-state index contributed by atoms with van der Waals surface area (Å²) in [5.74, 6) is -0.460. The number of hydrogen-bond acceptors (Lipinski definition) is 1. The summed E-state index contributed by atoms with van der Waals surface area (Å²) >= 11 is 11.4. The van der Waals surface area contributed by atoms with E-state index >= 15 is 0 Å². The van der Waals surface area contributed by atoms with Crippen molar-refractivity contribution in [3.8, 4) is 0 Å². The summed E-state index contributed by atoms with van der Waals surface area (Å²) in [6.07, 6.45) is 1.71. The fourth-order valence-corrected chi connectivity index (χ4v) is 1.62. The minimum absolute atomic E-state index is 0.0253. The second kappa shape index (κ2) is 4.78. The van der Waals surface area contributed by atoms with Crippen molar-refractivity contribution in [2.75, 3.05) is 6.54 Å². The van der Waals surface area contributed by atoms with Crippen molar-refractivity contribution in [1.29, 1.82) is 0 Å². The van der Waals surface area contributed by atoms with E-state index in [1.807, 2.05) is 0 Å². The maximum Gasteiger partial charge on any atom is 0.149 e. The molecule has 0 unspecified atom stereocenters. The largest absolute Gasteiger partial charge is 0.327 e. The first kappa shape index (κ1) is 11.5. The number of allylic oxidation sites excluding steroid dienone is 1. The predicted molar refractivity (Wildman–Crippen MR) is 59.1 cm³/mol. The van der Waals surface area contributed by atoms with Crippen LogP contribution in [0.1, 0.15) is 12.5 Å². The van der Waals surface area contributed by atoms with E-state index in [2.05, 4.69) is 0 Å². The highest BCUT2D eigenvalue weighted by molar-refractivity contribution is 6.35. The Kier molecular flexibility index (Phi) is 3.93. The SMILES string of the molecule is C/C(=C/CN)c1cc(Cl)cc(Cl)c1F. The summed E-state index contributed by atoms with van der Waals surface area (Å²) < 4.78 is 13.5. The second-order valence-corrected chi connectivity index (χ2v) is 3.72. The number of benzene rings is 1. The normalized spacial score (nSPS) is 11.9. The maximum absolute atomic E-state index is 13.5. The molecule has 0 aliphatic carbocycles. The van der Waals surface area contributed by atoms with Crippen LogP contribution >= 0.6 is 23.2 Å². The van der Waals surface area contributed by atoms with Gasteiger partial charge in [0.05, 0.1) is 5.02 Å². The molecule has 1 nitrogen and oxygen atoms in total. The highest BCUT2D eigenvalue weighted by Gasteiger charge is 2.09. The summed E-state index contributed by atoms with van der Waals surface area (Å²) in [4.78, 5) is 0.